The van der Waals surface area contributed by atoms with Crippen LogP contribution in [0.2, 0.25) is 0 Å². The highest BCUT2D eigenvalue weighted by atomic mass is 79.9. The Morgan fingerprint density at radius 2 is 1.95 bits per heavy atom. The minimum Gasteiger partial charge on any atom is -0.490 e. The van der Waals surface area contributed by atoms with Crippen LogP contribution in [0.3, 0.4) is 0 Å². The van der Waals surface area contributed by atoms with Crippen LogP contribution in [0.1, 0.15) is 33.3 Å². The van der Waals surface area contributed by atoms with Gasteiger partial charge < -0.3 is 9.47 Å². The van der Waals surface area contributed by atoms with Gasteiger partial charge in [-0.15, -0.1) is 17.9 Å². The van der Waals surface area contributed by atoms with Gasteiger partial charge in [-0.25, -0.2) is 5.43 Å². The van der Waals surface area contributed by atoms with Crippen molar-refractivity contribution in [2.75, 3.05) is 6.61 Å². The molecule has 0 saturated carbocycles. The summed E-state index contributed by atoms with van der Waals surface area (Å²) in [6, 6.07) is 17.7. The van der Waals surface area contributed by atoms with Crippen LogP contribution in [-0.4, -0.2) is 23.7 Å². The number of amides is 1. The van der Waals surface area contributed by atoms with E-state index in [1.807, 2.05) is 37.3 Å². The first-order valence-corrected chi connectivity index (χ1v) is 13.3. The summed E-state index contributed by atoms with van der Waals surface area (Å²) in [6.07, 6.45) is 3.87. The summed E-state index contributed by atoms with van der Waals surface area (Å²) in [7, 11) is 0. The van der Waals surface area contributed by atoms with Gasteiger partial charge in [0.05, 0.1) is 22.6 Å². The number of non-ortho nitro benzene ring substituents is 1. The van der Waals surface area contributed by atoms with E-state index in [2.05, 4.69) is 33.0 Å². The van der Waals surface area contributed by atoms with Crippen LogP contribution in [-0.2, 0) is 13.0 Å². The van der Waals surface area contributed by atoms with Crippen molar-refractivity contribution in [2.24, 2.45) is 5.10 Å². The number of carbonyl (C=O) groups is 1. The highest BCUT2D eigenvalue weighted by Gasteiger charge is 2.15. The number of halogens is 1. The Kier molecular flexibility index (Phi) is 8.88. The van der Waals surface area contributed by atoms with E-state index >= 15 is 0 Å². The normalized spacial score (nSPS) is 11.0. The summed E-state index contributed by atoms with van der Waals surface area (Å²) in [5.74, 6) is 0.800. The predicted octanol–water partition coefficient (Wildman–Crippen LogP) is 7.04. The molecule has 0 fully saturated rings. The smallest absolute Gasteiger partial charge is 0.281 e. The molecule has 0 bridgehead atoms. The number of nitro benzene ring substituents is 1. The number of ether oxygens (including phenoxy) is 2. The van der Waals surface area contributed by atoms with Crippen LogP contribution in [0.15, 0.2) is 82.9 Å². The van der Waals surface area contributed by atoms with Gasteiger partial charge in [-0.1, -0.05) is 34.1 Å². The van der Waals surface area contributed by atoms with Gasteiger partial charge in [-0.05, 0) is 60.9 Å². The maximum absolute atomic E-state index is 12.6. The van der Waals surface area contributed by atoms with Gasteiger partial charge >= 0.3 is 0 Å². The second kappa shape index (κ2) is 12.5. The van der Waals surface area contributed by atoms with Crippen molar-refractivity contribution in [1.29, 1.82) is 0 Å². The quantitative estimate of drug-likeness (QED) is 0.0869. The van der Waals surface area contributed by atoms with Crippen molar-refractivity contribution >= 4 is 55.2 Å². The summed E-state index contributed by atoms with van der Waals surface area (Å²) < 4.78 is 13.8. The lowest BCUT2D eigenvalue weighted by Crippen LogP contribution is -2.16. The van der Waals surface area contributed by atoms with Gasteiger partial charge in [0.25, 0.3) is 11.6 Å². The van der Waals surface area contributed by atoms with Gasteiger partial charge in [0.1, 0.15) is 6.61 Å². The molecule has 8 nitrogen and oxygen atoms in total. The van der Waals surface area contributed by atoms with Gasteiger partial charge in [0.2, 0.25) is 0 Å². The first kappa shape index (κ1) is 27.0. The number of thiophene rings is 1. The molecule has 4 aromatic rings. The average molecular weight is 594 g/mol. The topological polar surface area (TPSA) is 103 Å². The molecule has 0 aliphatic carbocycles. The van der Waals surface area contributed by atoms with Crippen molar-refractivity contribution in [1.82, 2.24) is 5.43 Å². The Balaban J connectivity index is 1.51. The van der Waals surface area contributed by atoms with Crippen molar-refractivity contribution in [3.05, 3.63) is 109 Å². The zero-order valence-corrected chi connectivity index (χ0v) is 22.9. The monoisotopic (exact) mass is 593 g/mol. The van der Waals surface area contributed by atoms with E-state index in [0.29, 0.717) is 47.0 Å². The van der Waals surface area contributed by atoms with Gasteiger partial charge in [-0.2, -0.15) is 5.10 Å². The third kappa shape index (κ3) is 6.64. The zero-order chi connectivity index (χ0) is 27.1. The third-order valence-corrected chi connectivity index (χ3v) is 7.07. The molecule has 0 unspecified atom stereocenters. The Morgan fingerprint density at radius 1 is 1.16 bits per heavy atom. The van der Waals surface area contributed by atoms with Crippen LogP contribution in [0.5, 0.6) is 11.5 Å². The summed E-state index contributed by atoms with van der Waals surface area (Å²) in [5, 5.41) is 15.8. The number of carbonyl (C=O) groups excluding carboxylic acids is 1. The molecule has 1 heterocycles. The Labute approximate surface area is 231 Å². The third-order valence-electron chi connectivity index (χ3n) is 5.43. The van der Waals surface area contributed by atoms with Gasteiger partial charge in [0, 0.05) is 32.3 Å². The van der Waals surface area contributed by atoms with E-state index in [0.717, 1.165) is 20.3 Å². The van der Waals surface area contributed by atoms with Gasteiger partial charge in [-0.3, -0.25) is 14.9 Å². The van der Waals surface area contributed by atoms with E-state index in [1.54, 1.807) is 24.3 Å². The fourth-order valence-electron chi connectivity index (χ4n) is 3.70. The highest BCUT2D eigenvalue weighted by Crippen LogP contribution is 2.34. The number of nitrogens with zero attached hydrogens (tertiary/aromatic N) is 2. The molecule has 1 amide bonds. The molecule has 0 atom stereocenters. The minimum atomic E-state index is -0.463. The number of nitro groups is 1. The predicted molar refractivity (Wildman–Crippen MR) is 154 cm³/mol. The first-order chi connectivity index (χ1) is 18.4. The van der Waals surface area contributed by atoms with Crippen LogP contribution < -0.4 is 14.9 Å². The largest absolute Gasteiger partial charge is 0.490 e. The van der Waals surface area contributed by atoms with E-state index in [1.165, 1.54) is 29.7 Å². The number of rotatable bonds is 11. The molecule has 1 aromatic heterocycles. The number of allylic oxidation sites excluding steroid dienone is 1. The molecule has 0 aliphatic rings. The zero-order valence-electron chi connectivity index (χ0n) is 20.5. The molecular weight excluding hydrogens is 570 g/mol. The molecule has 194 valence electrons. The fourth-order valence-corrected chi connectivity index (χ4v) is 4.90. The Hall–Kier alpha value is -4.02. The van der Waals surface area contributed by atoms with Crippen molar-refractivity contribution < 1.29 is 19.2 Å². The number of nitrogens with one attached hydrogen (secondary N) is 1. The van der Waals surface area contributed by atoms with E-state index in [4.69, 9.17) is 9.47 Å². The fraction of sp³-hybridized carbons (Fsp3) is 0.143. The lowest BCUT2D eigenvalue weighted by Gasteiger charge is -2.17. The standard InChI is InChI=1S/C28H24BrN3O5S/c1-3-5-20-12-19(13-24(36-4-2)27(20)37-17-18-6-8-22(29)9-7-18)16-30-31-28(33)26-15-21-14-23(32(34)35)10-11-25(21)38-26/h3,6-16H,1,4-5,17H2,2H3,(H,31,33)/b30-16-. The maximum atomic E-state index is 12.6. The molecule has 0 aliphatic heterocycles. The van der Waals surface area contributed by atoms with Crippen LogP contribution in [0.25, 0.3) is 10.1 Å². The summed E-state index contributed by atoms with van der Waals surface area (Å²) in [5.41, 5.74) is 5.11. The van der Waals surface area contributed by atoms with Gasteiger partial charge in [0.15, 0.2) is 11.5 Å². The van der Waals surface area contributed by atoms with Crippen molar-refractivity contribution in [2.45, 2.75) is 20.0 Å². The van der Waals surface area contributed by atoms with Crippen LogP contribution in [0.4, 0.5) is 5.69 Å². The number of hydrogen-bond donors (Lipinski definition) is 1. The van der Waals surface area contributed by atoms with E-state index in [-0.39, 0.29) is 5.69 Å². The van der Waals surface area contributed by atoms with Crippen LogP contribution >= 0.6 is 27.3 Å². The molecule has 38 heavy (non-hydrogen) atoms. The summed E-state index contributed by atoms with van der Waals surface area (Å²) >= 11 is 4.68. The summed E-state index contributed by atoms with van der Waals surface area (Å²) in [6.45, 7) is 6.57. The van der Waals surface area contributed by atoms with Crippen molar-refractivity contribution in [3.8, 4) is 11.5 Å². The minimum absolute atomic E-state index is 0.0232. The SMILES string of the molecule is C=CCc1cc(/C=N\NC(=O)c2cc3cc([N+](=O)[O-])ccc3s2)cc(OCC)c1OCc1ccc(Br)cc1. The molecule has 1 N–H and O–H groups in total. The summed E-state index contributed by atoms with van der Waals surface area (Å²) in [4.78, 5) is 23.6. The number of benzene rings is 3. The molecular formula is C28H24BrN3O5S. The van der Waals surface area contributed by atoms with Crippen molar-refractivity contribution in [3.63, 3.8) is 0 Å². The number of hydrazone groups is 1. The first-order valence-electron chi connectivity index (χ1n) is 11.7. The molecule has 3 aromatic carbocycles. The number of hydrogen-bond acceptors (Lipinski definition) is 7. The lowest BCUT2D eigenvalue weighted by atomic mass is 10.1. The molecule has 0 radical (unpaired) electrons. The van der Waals surface area contributed by atoms with Crippen LogP contribution in [0, 0.1) is 10.1 Å². The van der Waals surface area contributed by atoms with E-state index < -0.39 is 10.8 Å². The average Bonchev–Trinajstić information content (AvgIpc) is 3.33. The second-order valence-electron chi connectivity index (χ2n) is 8.14. The van der Waals surface area contributed by atoms with E-state index in [9.17, 15) is 14.9 Å². The highest BCUT2D eigenvalue weighted by molar-refractivity contribution is 9.10. The number of fused-ring (bicyclic) bond motifs is 1. The molecule has 0 spiro atoms. The maximum Gasteiger partial charge on any atom is 0.281 e. The molecule has 0 saturated heterocycles. The second-order valence-corrected chi connectivity index (χ2v) is 10.1. The Bertz CT molecular complexity index is 1520. The lowest BCUT2D eigenvalue weighted by molar-refractivity contribution is -0.384. The Morgan fingerprint density at radius 3 is 2.66 bits per heavy atom. The molecule has 10 heteroatoms. The molecule has 4 rings (SSSR count).